The monoisotopic (exact) mass is 367 g/mol. The van der Waals surface area contributed by atoms with Gasteiger partial charge in [0.1, 0.15) is 0 Å². The number of benzene rings is 1. The van der Waals surface area contributed by atoms with E-state index in [-0.39, 0.29) is 17.7 Å². The van der Waals surface area contributed by atoms with Crippen molar-refractivity contribution < 1.29 is 9.59 Å². The first kappa shape index (κ1) is 19.3. The van der Waals surface area contributed by atoms with Crippen LogP contribution in [0.1, 0.15) is 44.7 Å². The second kappa shape index (κ2) is 6.95. The van der Waals surface area contributed by atoms with Gasteiger partial charge < -0.3 is 10.6 Å². The second-order valence-corrected chi connectivity index (χ2v) is 8.37. The van der Waals surface area contributed by atoms with E-state index in [1.54, 1.807) is 13.2 Å². The van der Waals surface area contributed by atoms with Gasteiger partial charge in [0.25, 0.3) is 0 Å². The molecule has 2 amide bonds. The van der Waals surface area contributed by atoms with E-state index in [4.69, 9.17) is 0 Å². The highest BCUT2D eigenvalue weighted by molar-refractivity contribution is 5.88. The summed E-state index contributed by atoms with van der Waals surface area (Å²) < 4.78 is 0. The fraction of sp³-hybridized carbons (Fsp3) is 0.500. The van der Waals surface area contributed by atoms with Gasteiger partial charge in [-0.1, -0.05) is 32.9 Å². The fourth-order valence-corrected chi connectivity index (χ4v) is 4.46. The van der Waals surface area contributed by atoms with Crippen molar-refractivity contribution in [2.45, 2.75) is 47.1 Å². The van der Waals surface area contributed by atoms with Crippen LogP contribution < -0.4 is 10.6 Å². The van der Waals surface area contributed by atoms with E-state index < -0.39 is 10.8 Å². The number of carbonyl (C=O) groups excluding carboxylic acids is 2. The summed E-state index contributed by atoms with van der Waals surface area (Å²) in [5.74, 6) is -0.117. The van der Waals surface area contributed by atoms with Gasteiger partial charge in [-0.15, -0.1) is 0 Å². The highest BCUT2D eigenvalue weighted by Gasteiger charge is 2.57. The van der Waals surface area contributed by atoms with E-state index in [9.17, 15) is 9.59 Å². The molecule has 1 aromatic carbocycles. The zero-order chi connectivity index (χ0) is 19.8. The third-order valence-electron chi connectivity index (χ3n) is 6.85. The molecule has 27 heavy (non-hydrogen) atoms. The summed E-state index contributed by atoms with van der Waals surface area (Å²) in [5, 5.41) is 6.96. The molecule has 5 nitrogen and oxygen atoms in total. The molecule has 1 fully saturated rings. The third kappa shape index (κ3) is 3.09. The Morgan fingerprint density at radius 3 is 2.67 bits per heavy atom. The zero-order valence-corrected chi connectivity index (χ0v) is 16.8. The van der Waals surface area contributed by atoms with E-state index in [0.717, 1.165) is 28.5 Å². The van der Waals surface area contributed by atoms with Gasteiger partial charge in [0.05, 0.1) is 10.9 Å². The Balaban J connectivity index is 1.83. The van der Waals surface area contributed by atoms with Gasteiger partial charge in [0.15, 0.2) is 0 Å². The lowest BCUT2D eigenvalue weighted by Crippen LogP contribution is -2.49. The molecule has 0 aliphatic heterocycles. The number of amides is 2. The van der Waals surface area contributed by atoms with Gasteiger partial charge in [0, 0.05) is 31.1 Å². The van der Waals surface area contributed by atoms with Crippen molar-refractivity contribution in [2.24, 2.45) is 16.7 Å². The molecule has 3 rings (SSSR count). The van der Waals surface area contributed by atoms with Gasteiger partial charge in [-0.25, -0.2) is 0 Å². The first-order valence-electron chi connectivity index (χ1n) is 9.55. The van der Waals surface area contributed by atoms with Crippen LogP contribution in [0.2, 0.25) is 0 Å². The summed E-state index contributed by atoms with van der Waals surface area (Å²) in [6.07, 6.45) is 3.22. The predicted octanol–water partition coefficient (Wildman–Crippen LogP) is 3.35. The quantitative estimate of drug-likeness (QED) is 0.870. The summed E-state index contributed by atoms with van der Waals surface area (Å²) in [4.78, 5) is 29.9. The molecule has 1 aromatic heterocycles. The highest BCUT2D eigenvalue weighted by Crippen LogP contribution is 2.56. The van der Waals surface area contributed by atoms with Crippen LogP contribution in [0.4, 0.5) is 0 Å². The lowest BCUT2D eigenvalue weighted by atomic mass is 9.65. The SMILES string of the molecule is CNC(=O)[C@H]1CC[C@@](C)(C(=O)NCc2c(C)ccc3ncccc23)C1(C)C. The van der Waals surface area contributed by atoms with Gasteiger partial charge in [-0.05, 0) is 48.4 Å². The molecule has 144 valence electrons. The van der Waals surface area contributed by atoms with E-state index in [1.807, 2.05) is 45.0 Å². The van der Waals surface area contributed by atoms with Gasteiger partial charge in [-0.2, -0.15) is 0 Å². The number of rotatable bonds is 4. The lowest BCUT2D eigenvalue weighted by molar-refractivity contribution is -0.138. The molecule has 0 spiro atoms. The molecule has 1 aliphatic carbocycles. The number of nitrogens with zero attached hydrogens (tertiary/aromatic N) is 1. The average molecular weight is 367 g/mol. The van der Waals surface area contributed by atoms with E-state index in [0.29, 0.717) is 13.0 Å². The van der Waals surface area contributed by atoms with Crippen LogP contribution >= 0.6 is 0 Å². The predicted molar refractivity (Wildman–Crippen MR) is 107 cm³/mol. The van der Waals surface area contributed by atoms with Crippen LogP contribution in [0.25, 0.3) is 10.9 Å². The van der Waals surface area contributed by atoms with Crippen molar-refractivity contribution >= 4 is 22.7 Å². The molecule has 2 atom stereocenters. The smallest absolute Gasteiger partial charge is 0.226 e. The Morgan fingerprint density at radius 1 is 1.22 bits per heavy atom. The van der Waals surface area contributed by atoms with Crippen LogP contribution in [-0.2, 0) is 16.1 Å². The summed E-state index contributed by atoms with van der Waals surface area (Å²) in [7, 11) is 1.66. The Bertz CT molecular complexity index is 890. The first-order valence-corrected chi connectivity index (χ1v) is 9.55. The molecular formula is C22H29N3O2. The summed E-state index contributed by atoms with van der Waals surface area (Å²) in [6.45, 7) is 8.57. The van der Waals surface area contributed by atoms with Crippen molar-refractivity contribution in [3.05, 3.63) is 41.6 Å². The molecule has 2 aromatic rings. The van der Waals surface area contributed by atoms with Gasteiger partial charge >= 0.3 is 0 Å². The topological polar surface area (TPSA) is 71.1 Å². The Hall–Kier alpha value is -2.43. The number of nitrogens with one attached hydrogen (secondary N) is 2. The van der Waals surface area contributed by atoms with Crippen LogP contribution in [-0.4, -0.2) is 23.8 Å². The van der Waals surface area contributed by atoms with Crippen LogP contribution in [0, 0.1) is 23.7 Å². The summed E-state index contributed by atoms with van der Waals surface area (Å²) in [6, 6.07) is 8.01. The van der Waals surface area contributed by atoms with Gasteiger partial charge in [-0.3, -0.25) is 14.6 Å². The molecule has 0 bridgehead atoms. The minimum atomic E-state index is -0.582. The maximum absolute atomic E-state index is 13.2. The summed E-state index contributed by atoms with van der Waals surface area (Å²) >= 11 is 0. The van der Waals surface area contributed by atoms with Crippen LogP contribution in [0.15, 0.2) is 30.5 Å². The molecule has 1 heterocycles. The van der Waals surface area contributed by atoms with E-state index in [1.165, 1.54) is 0 Å². The standard InChI is InChI=1S/C22H29N3O2/c1-14-8-9-18-15(7-6-12-24-18)16(14)13-25-20(27)22(4)11-10-17(19(26)23-5)21(22,2)3/h6-9,12,17H,10-11,13H2,1-5H3,(H,23,26)(H,25,27)/t17-,22+/m1/s1. The molecule has 0 saturated heterocycles. The van der Waals surface area contributed by atoms with Crippen molar-refractivity contribution in [2.75, 3.05) is 7.05 Å². The molecular weight excluding hydrogens is 338 g/mol. The lowest BCUT2D eigenvalue weighted by Gasteiger charge is -2.39. The molecule has 0 radical (unpaired) electrons. The van der Waals surface area contributed by atoms with Crippen molar-refractivity contribution in [1.82, 2.24) is 15.6 Å². The Morgan fingerprint density at radius 2 is 1.96 bits per heavy atom. The zero-order valence-electron chi connectivity index (χ0n) is 16.8. The summed E-state index contributed by atoms with van der Waals surface area (Å²) in [5.41, 5.74) is 2.17. The average Bonchev–Trinajstić information content (AvgIpc) is 2.90. The molecule has 1 aliphatic rings. The molecule has 0 unspecified atom stereocenters. The number of aryl methyl sites for hydroxylation is 1. The van der Waals surface area contributed by atoms with E-state index >= 15 is 0 Å². The Labute approximate surface area is 160 Å². The Kier molecular flexibility index (Phi) is 4.98. The number of aromatic nitrogens is 1. The maximum Gasteiger partial charge on any atom is 0.226 e. The minimum Gasteiger partial charge on any atom is -0.359 e. The van der Waals surface area contributed by atoms with Crippen molar-refractivity contribution in [1.29, 1.82) is 0 Å². The van der Waals surface area contributed by atoms with Crippen molar-refractivity contribution in [3.63, 3.8) is 0 Å². The highest BCUT2D eigenvalue weighted by atomic mass is 16.2. The first-order chi connectivity index (χ1) is 12.7. The number of hydrogen-bond acceptors (Lipinski definition) is 3. The number of fused-ring (bicyclic) bond motifs is 1. The molecule has 1 saturated carbocycles. The minimum absolute atomic E-state index is 0.0131. The fourth-order valence-electron chi connectivity index (χ4n) is 4.46. The van der Waals surface area contributed by atoms with Crippen molar-refractivity contribution in [3.8, 4) is 0 Å². The van der Waals surface area contributed by atoms with Gasteiger partial charge in [0.2, 0.25) is 11.8 Å². The number of hydrogen-bond donors (Lipinski definition) is 2. The van der Waals surface area contributed by atoms with Crippen LogP contribution in [0.3, 0.4) is 0 Å². The number of pyridine rings is 1. The van der Waals surface area contributed by atoms with E-state index in [2.05, 4.69) is 22.5 Å². The van der Waals surface area contributed by atoms with Crippen LogP contribution in [0.5, 0.6) is 0 Å². The number of carbonyl (C=O) groups is 2. The molecule has 5 heteroatoms. The molecule has 2 N–H and O–H groups in total. The third-order valence-corrected chi connectivity index (χ3v) is 6.85. The second-order valence-electron chi connectivity index (χ2n) is 8.37. The maximum atomic E-state index is 13.2. The normalized spacial score (nSPS) is 24.0. The largest absolute Gasteiger partial charge is 0.359 e.